The average Bonchev–Trinajstić information content (AvgIpc) is 2.26. The van der Waals surface area contributed by atoms with Crippen LogP contribution in [-0.4, -0.2) is 18.8 Å². The minimum atomic E-state index is 0. The van der Waals surface area contributed by atoms with E-state index in [4.69, 9.17) is 4.74 Å². The summed E-state index contributed by atoms with van der Waals surface area (Å²) in [6.45, 7) is 4.02. The molecule has 0 aromatic heterocycles. The molecule has 4 heteroatoms. The maximum atomic E-state index is 9.40. The van der Waals surface area contributed by atoms with Crippen LogP contribution in [0.25, 0.3) is 0 Å². The van der Waals surface area contributed by atoms with Crippen LogP contribution in [0.4, 0.5) is 0 Å². The van der Waals surface area contributed by atoms with Gasteiger partial charge in [0.05, 0.1) is 7.11 Å². The van der Waals surface area contributed by atoms with Crippen LogP contribution >= 0.6 is 12.4 Å². The number of nitrogens with one attached hydrogen (secondary N) is 1. The highest BCUT2D eigenvalue weighted by molar-refractivity contribution is 5.85. The molecule has 0 atom stereocenters. The zero-order chi connectivity index (χ0) is 11.1. The van der Waals surface area contributed by atoms with Gasteiger partial charge in [0.25, 0.3) is 0 Å². The quantitative estimate of drug-likeness (QED) is 0.758. The van der Waals surface area contributed by atoms with Gasteiger partial charge in [-0.1, -0.05) is 19.4 Å². The van der Waals surface area contributed by atoms with Crippen molar-refractivity contribution in [2.45, 2.75) is 26.3 Å². The number of phenolic OH excluding ortho intramolecular Hbond substituents is 1. The van der Waals surface area contributed by atoms with Crippen LogP contribution in [0.3, 0.4) is 0 Å². The van der Waals surface area contributed by atoms with Crippen molar-refractivity contribution < 1.29 is 9.84 Å². The zero-order valence-electron chi connectivity index (χ0n) is 9.82. The molecule has 0 aliphatic heterocycles. The van der Waals surface area contributed by atoms with Crippen LogP contribution in [0.5, 0.6) is 11.5 Å². The second-order valence-corrected chi connectivity index (χ2v) is 3.54. The molecular weight excluding hydrogens is 226 g/mol. The van der Waals surface area contributed by atoms with Gasteiger partial charge < -0.3 is 15.2 Å². The van der Waals surface area contributed by atoms with Gasteiger partial charge in [-0.15, -0.1) is 12.4 Å². The largest absolute Gasteiger partial charge is 0.504 e. The Morgan fingerprint density at radius 2 is 2.12 bits per heavy atom. The molecule has 3 nitrogen and oxygen atoms in total. The third kappa shape index (κ3) is 4.73. The number of halogens is 1. The Morgan fingerprint density at radius 1 is 1.38 bits per heavy atom. The minimum absolute atomic E-state index is 0. The van der Waals surface area contributed by atoms with Crippen molar-refractivity contribution in [2.75, 3.05) is 13.7 Å². The smallest absolute Gasteiger partial charge is 0.160 e. The van der Waals surface area contributed by atoms with E-state index in [0.29, 0.717) is 5.75 Å². The molecular formula is C12H20ClNO2. The Hall–Kier alpha value is -0.930. The monoisotopic (exact) mass is 245 g/mol. The summed E-state index contributed by atoms with van der Waals surface area (Å²) in [7, 11) is 1.56. The van der Waals surface area contributed by atoms with Crippen molar-refractivity contribution in [3.8, 4) is 11.5 Å². The first-order valence-electron chi connectivity index (χ1n) is 5.34. The average molecular weight is 246 g/mol. The summed E-state index contributed by atoms with van der Waals surface area (Å²) in [4.78, 5) is 0. The summed E-state index contributed by atoms with van der Waals surface area (Å²) in [5.74, 6) is 0.722. The molecule has 92 valence electrons. The number of aromatic hydroxyl groups is 1. The van der Waals surface area contributed by atoms with E-state index in [9.17, 15) is 5.11 Å². The molecule has 16 heavy (non-hydrogen) atoms. The minimum Gasteiger partial charge on any atom is -0.504 e. The molecule has 1 aromatic rings. The Morgan fingerprint density at radius 3 is 2.75 bits per heavy atom. The van der Waals surface area contributed by atoms with Crippen LogP contribution in [0.2, 0.25) is 0 Å². The molecule has 1 rings (SSSR count). The molecule has 0 unspecified atom stereocenters. The number of hydrogen-bond donors (Lipinski definition) is 2. The highest BCUT2D eigenvalue weighted by Crippen LogP contribution is 2.25. The molecule has 1 aromatic carbocycles. The summed E-state index contributed by atoms with van der Waals surface area (Å²) < 4.78 is 5.04. The molecule has 0 spiro atoms. The van der Waals surface area contributed by atoms with Crippen LogP contribution in [-0.2, 0) is 6.54 Å². The predicted molar refractivity (Wildman–Crippen MR) is 68.5 cm³/mol. The number of benzene rings is 1. The first-order chi connectivity index (χ1) is 7.27. The van der Waals surface area contributed by atoms with Crippen molar-refractivity contribution in [2.24, 2.45) is 0 Å². The van der Waals surface area contributed by atoms with E-state index in [0.717, 1.165) is 18.7 Å². The maximum Gasteiger partial charge on any atom is 0.160 e. The van der Waals surface area contributed by atoms with Crippen LogP contribution in [0, 0.1) is 0 Å². The third-order valence-electron chi connectivity index (χ3n) is 2.28. The molecule has 0 radical (unpaired) electrons. The van der Waals surface area contributed by atoms with Crippen molar-refractivity contribution in [1.29, 1.82) is 0 Å². The number of hydrogen-bond acceptors (Lipinski definition) is 3. The van der Waals surface area contributed by atoms with Crippen molar-refractivity contribution in [3.05, 3.63) is 23.8 Å². The van der Waals surface area contributed by atoms with Gasteiger partial charge in [0.15, 0.2) is 11.5 Å². The molecule has 0 saturated heterocycles. The van der Waals surface area contributed by atoms with E-state index < -0.39 is 0 Å². The topological polar surface area (TPSA) is 41.5 Å². The number of unbranched alkanes of at least 4 members (excludes halogenated alkanes) is 1. The summed E-state index contributed by atoms with van der Waals surface area (Å²) in [5, 5.41) is 12.7. The number of phenols is 1. The molecule has 0 heterocycles. The normalized spacial score (nSPS) is 9.62. The van der Waals surface area contributed by atoms with E-state index in [2.05, 4.69) is 12.2 Å². The molecule has 0 saturated carbocycles. The highest BCUT2D eigenvalue weighted by Gasteiger charge is 2.01. The Labute approximate surface area is 103 Å². The number of rotatable bonds is 6. The number of ether oxygens (including phenoxy) is 1. The van der Waals surface area contributed by atoms with E-state index in [1.54, 1.807) is 13.2 Å². The summed E-state index contributed by atoms with van der Waals surface area (Å²) in [6, 6.07) is 5.42. The molecule has 0 fully saturated rings. The van der Waals surface area contributed by atoms with E-state index in [-0.39, 0.29) is 18.2 Å². The SMILES string of the molecule is CCCCNCc1ccc(O)c(OC)c1.Cl. The van der Waals surface area contributed by atoms with Crippen LogP contribution < -0.4 is 10.1 Å². The van der Waals surface area contributed by atoms with Gasteiger partial charge in [0.2, 0.25) is 0 Å². The predicted octanol–water partition coefficient (Wildman–Crippen LogP) is 2.71. The van der Waals surface area contributed by atoms with Crippen molar-refractivity contribution in [3.63, 3.8) is 0 Å². The standard InChI is InChI=1S/C12H19NO2.ClH/c1-3-4-7-13-9-10-5-6-11(14)12(8-10)15-2;/h5-6,8,13-14H,3-4,7,9H2,1-2H3;1H. The van der Waals surface area contributed by atoms with Gasteiger partial charge in [-0.2, -0.15) is 0 Å². The first kappa shape index (κ1) is 15.1. The van der Waals surface area contributed by atoms with Gasteiger partial charge in [-0.05, 0) is 30.7 Å². The lowest BCUT2D eigenvalue weighted by molar-refractivity contribution is 0.373. The summed E-state index contributed by atoms with van der Waals surface area (Å²) >= 11 is 0. The van der Waals surface area contributed by atoms with Crippen molar-refractivity contribution in [1.82, 2.24) is 5.32 Å². The maximum absolute atomic E-state index is 9.40. The lowest BCUT2D eigenvalue weighted by Gasteiger charge is -2.07. The van der Waals surface area contributed by atoms with Crippen LogP contribution in [0.15, 0.2) is 18.2 Å². The van der Waals surface area contributed by atoms with E-state index >= 15 is 0 Å². The fourth-order valence-corrected chi connectivity index (χ4v) is 1.37. The fraction of sp³-hybridized carbons (Fsp3) is 0.500. The molecule has 0 bridgehead atoms. The Bertz CT molecular complexity index is 305. The third-order valence-corrected chi connectivity index (χ3v) is 2.28. The van der Waals surface area contributed by atoms with Gasteiger partial charge in [0, 0.05) is 6.54 Å². The van der Waals surface area contributed by atoms with Gasteiger partial charge in [-0.3, -0.25) is 0 Å². The van der Waals surface area contributed by atoms with Crippen LogP contribution in [0.1, 0.15) is 25.3 Å². The van der Waals surface area contributed by atoms with E-state index in [1.807, 2.05) is 12.1 Å². The van der Waals surface area contributed by atoms with Gasteiger partial charge in [0.1, 0.15) is 0 Å². The lowest BCUT2D eigenvalue weighted by atomic mass is 10.2. The molecule has 2 N–H and O–H groups in total. The Kier molecular flexibility index (Phi) is 7.77. The summed E-state index contributed by atoms with van der Waals surface area (Å²) in [5.41, 5.74) is 1.13. The Balaban J connectivity index is 0.00000225. The molecule has 0 aliphatic rings. The van der Waals surface area contributed by atoms with Gasteiger partial charge in [-0.25, -0.2) is 0 Å². The lowest BCUT2D eigenvalue weighted by Crippen LogP contribution is -2.14. The molecule has 0 aliphatic carbocycles. The second kappa shape index (κ2) is 8.25. The second-order valence-electron chi connectivity index (χ2n) is 3.54. The number of methoxy groups -OCH3 is 1. The molecule has 0 amide bonds. The van der Waals surface area contributed by atoms with Gasteiger partial charge >= 0.3 is 0 Å². The van der Waals surface area contributed by atoms with Crippen molar-refractivity contribution >= 4 is 12.4 Å². The zero-order valence-corrected chi connectivity index (χ0v) is 10.6. The summed E-state index contributed by atoms with van der Waals surface area (Å²) in [6.07, 6.45) is 2.39. The fourth-order valence-electron chi connectivity index (χ4n) is 1.37. The van der Waals surface area contributed by atoms with E-state index in [1.165, 1.54) is 12.8 Å². The first-order valence-corrected chi connectivity index (χ1v) is 5.34. The highest BCUT2D eigenvalue weighted by atomic mass is 35.5.